The van der Waals surface area contributed by atoms with Crippen molar-refractivity contribution >= 4 is 27.4 Å². The van der Waals surface area contributed by atoms with Crippen LogP contribution in [-0.2, 0) is 0 Å². The summed E-state index contributed by atoms with van der Waals surface area (Å²) in [4.78, 5) is 11.3. The molecule has 2 N–H and O–H groups in total. The molecular formula is C15H12O3S. The predicted octanol–water partition coefficient (Wildman–Crippen LogP) is 2.58. The van der Waals surface area contributed by atoms with Gasteiger partial charge in [-0.2, -0.15) is 0 Å². The number of benzene rings is 1. The second-order valence-electron chi connectivity index (χ2n) is 4.72. The van der Waals surface area contributed by atoms with E-state index >= 15 is 0 Å². The second kappa shape index (κ2) is 4.69. The highest BCUT2D eigenvalue weighted by atomic mass is 32.1. The first-order chi connectivity index (χ1) is 9.17. The molecule has 3 rings (SSSR count). The number of thiophene rings is 1. The van der Waals surface area contributed by atoms with Crippen molar-refractivity contribution in [3.05, 3.63) is 34.7 Å². The number of fused-ring (bicyclic) bond motifs is 1. The maximum absolute atomic E-state index is 10.9. The van der Waals surface area contributed by atoms with Crippen LogP contribution in [0, 0.1) is 23.7 Å². The molecule has 2 unspecified atom stereocenters. The molecule has 0 aliphatic heterocycles. The highest BCUT2D eigenvalue weighted by molar-refractivity contribution is 7.20. The van der Waals surface area contributed by atoms with E-state index in [1.165, 1.54) is 11.3 Å². The number of aliphatic hydroxyl groups excluding tert-OH is 1. The van der Waals surface area contributed by atoms with Crippen molar-refractivity contribution in [2.24, 2.45) is 11.8 Å². The molecule has 19 heavy (non-hydrogen) atoms. The molecule has 1 saturated carbocycles. The lowest BCUT2D eigenvalue weighted by molar-refractivity contribution is 0.0702. The maximum Gasteiger partial charge on any atom is 0.345 e. The zero-order valence-electron chi connectivity index (χ0n) is 10.1. The minimum absolute atomic E-state index is 0.214. The van der Waals surface area contributed by atoms with Crippen LogP contribution in [0.1, 0.15) is 21.7 Å². The standard InChI is InChI=1S/C15H12O3S/c16-8-12-6-10(12)3-1-9-2-4-11-7-14(15(17)18)19-13(11)5-9/h2,4-5,7,10,12,16H,6,8H2,(H,17,18). The van der Waals surface area contributed by atoms with Crippen LogP contribution in [0.3, 0.4) is 0 Å². The molecule has 0 radical (unpaired) electrons. The van der Waals surface area contributed by atoms with Gasteiger partial charge in [0.2, 0.25) is 0 Å². The first-order valence-corrected chi connectivity index (χ1v) is 6.88. The summed E-state index contributed by atoms with van der Waals surface area (Å²) in [5.41, 5.74) is 0.898. The summed E-state index contributed by atoms with van der Waals surface area (Å²) in [5, 5.41) is 18.8. The van der Waals surface area contributed by atoms with E-state index in [1.807, 2.05) is 18.2 Å². The number of hydrogen-bond donors (Lipinski definition) is 2. The summed E-state index contributed by atoms with van der Waals surface area (Å²) < 4.78 is 0.943. The Hall–Kier alpha value is -1.83. The number of rotatable bonds is 2. The normalized spacial score (nSPS) is 20.9. The molecule has 4 heteroatoms. The third-order valence-corrected chi connectivity index (χ3v) is 4.38. The Bertz CT molecular complexity index is 705. The second-order valence-corrected chi connectivity index (χ2v) is 5.81. The van der Waals surface area contributed by atoms with Crippen molar-refractivity contribution in [3.63, 3.8) is 0 Å². The van der Waals surface area contributed by atoms with Crippen LogP contribution in [-0.4, -0.2) is 22.8 Å². The quantitative estimate of drug-likeness (QED) is 0.826. The summed E-state index contributed by atoms with van der Waals surface area (Å²) in [6.07, 6.45) is 0.980. The van der Waals surface area contributed by atoms with Gasteiger partial charge >= 0.3 is 5.97 Å². The Morgan fingerprint density at radius 3 is 2.95 bits per heavy atom. The van der Waals surface area contributed by atoms with E-state index in [0.717, 1.165) is 22.1 Å². The summed E-state index contributed by atoms with van der Waals surface area (Å²) in [6.45, 7) is 0.214. The molecule has 96 valence electrons. The van der Waals surface area contributed by atoms with Gasteiger partial charge in [-0.1, -0.05) is 17.9 Å². The minimum atomic E-state index is -0.891. The number of carboxylic acid groups (broad SMARTS) is 1. The van der Waals surface area contributed by atoms with Gasteiger partial charge in [-0.15, -0.1) is 11.3 Å². The van der Waals surface area contributed by atoms with E-state index in [0.29, 0.717) is 16.7 Å². The highest BCUT2D eigenvalue weighted by Gasteiger charge is 2.34. The van der Waals surface area contributed by atoms with Crippen LogP contribution >= 0.6 is 11.3 Å². The molecule has 0 bridgehead atoms. The molecule has 3 nitrogen and oxygen atoms in total. The van der Waals surface area contributed by atoms with Gasteiger partial charge in [0.1, 0.15) is 4.88 Å². The lowest BCUT2D eigenvalue weighted by Crippen LogP contribution is -1.89. The fraction of sp³-hybridized carbons (Fsp3) is 0.267. The Morgan fingerprint density at radius 2 is 2.26 bits per heavy atom. The first-order valence-electron chi connectivity index (χ1n) is 6.06. The van der Waals surface area contributed by atoms with Crippen LogP contribution in [0.4, 0.5) is 0 Å². The lowest BCUT2D eigenvalue weighted by atomic mass is 10.1. The van der Waals surface area contributed by atoms with E-state index in [2.05, 4.69) is 11.8 Å². The van der Waals surface area contributed by atoms with Crippen LogP contribution in [0.15, 0.2) is 24.3 Å². The van der Waals surface area contributed by atoms with Crippen LogP contribution in [0.2, 0.25) is 0 Å². The van der Waals surface area contributed by atoms with Gasteiger partial charge in [-0.3, -0.25) is 0 Å². The van der Waals surface area contributed by atoms with E-state index < -0.39 is 5.97 Å². The molecular weight excluding hydrogens is 260 g/mol. The molecule has 1 aromatic carbocycles. The summed E-state index contributed by atoms with van der Waals surface area (Å²) in [6, 6.07) is 7.42. The molecule has 2 atom stereocenters. The van der Waals surface area contributed by atoms with Gasteiger partial charge in [0, 0.05) is 22.8 Å². The smallest absolute Gasteiger partial charge is 0.345 e. The molecule has 2 aromatic rings. The Labute approximate surface area is 114 Å². The topological polar surface area (TPSA) is 57.5 Å². The zero-order chi connectivity index (χ0) is 13.4. The zero-order valence-corrected chi connectivity index (χ0v) is 10.9. The SMILES string of the molecule is O=C(O)c1cc2ccc(C#CC3CC3CO)cc2s1. The Balaban J connectivity index is 1.87. The minimum Gasteiger partial charge on any atom is -0.477 e. The van der Waals surface area contributed by atoms with Gasteiger partial charge in [0.25, 0.3) is 0 Å². The Morgan fingerprint density at radius 1 is 1.42 bits per heavy atom. The highest BCUT2D eigenvalue weighted by Crippen LogP contribution is 2.37. The molecule has 0 amide bonds. The number of carbonyl (C=O) groups is 1. The average molecular weight is 272 g/mol. The monoisotopic (exact) mass is 272 g/mol. The van der Waals surface area contributed by atoms with Gasteiger partial charge in [0.15, 0.2) is 0 Å². The van der Waals surface area contributed by atoms with E-state index in [4.69, 9.17) is 10.2 Å². The molecule has 1 aromatic heterocycles. The molecule has 1 aliphatic rings. The molecule has 0 saturated heterocycles. The largest absolute Gasteiger partial charge is 0.477 e. The number of aliphatic hydroxyl groups is 1. The first kappa shape index (κ1) is 12.2. The third kappa shape index (κ3) is 2.48. The Kier molecular flexibility index (Phi) is 3.02. The molecule has 0 spiro atoms. The van der Waals surface area contributed by atoms with Crippen LogP contribution in [0.25, 0.3) is 10.1 Å². The fourth-order valence-corrected chi connectivity index (χ4v) is 2.96. The summed E-state index contributed by atoms with van der Waals surface area (Å²) in [7, 11) is 0. The van der Waals surface area contributed by atoms with Crippen molar-refractivity contribution in [2.75, 3.05) is 6.61 Å². The van der Waals surface area contributed by atoms with Crippen molar-refractivity contribution in [1.82, 2.24) is 0 Å². The number of carboxylic acids is 1. The van der Waals surface area contributed by atoms with Gasteiger partial charge < -0.3 is 10.2 Å². The predicted molar refractivity (Wildman–Crippen MR) is 74.3 cm³/mol. The molecule has 1 aliphatic carbocycles. The van der Waals surface area contributed by atoms with Crippen LogP contribution < -0.4 is 0 Å². The number of hydrogen-bond acceptors (Lipinski definition) is 3. The van der Waals surface area contributed by atoms with Gasteiger partial charge in [-0.25, -0.2) is 4.79 Å². The number of aromatic carboxylic acids is 1. The van der Waals surface area contributed by atoms with Crippen LogP contribution in [0.5, 0.6) is 0 Å². The lowest BCUT2D eigenvalue weighted by Gasteiger charge is -1.91. The van der Waals surface area contributed by atoms with Gasteiger partial charge in [-0.05, 0) is 35.9 Å². The average Bonchev–Trinajstić information content (AvgIpc) is 3.03. The van der Waals surface area contributed by atoms with Crippen molar-refractivity contribution in [2.45, 2.75) is 6.42 Å². The van der Waals surface area contributed by atoms with Crippen molar-refractivity contribution < 1.29 is 15.0 Å². The maximum atomic E-state index is 10.9. The summed E-state index contributed by atoms with van der Waals surface area (Å²) >= 11 is 1.27. The fourth-order valence-electron chi connectivity index (χ4n) is 2.02. The van der Waals surface area contributed by atoms with Crippen molar-refractivity contribution in [1.29, 1.82) is 0 Å². The van der Waals surface area contributed by atoms with Gasteiger partial charge in [0.05, 0.1) is 0 Å². The van der Waals surface area contributed by atoms with E-state index in [9.17, 15) is 4.79 Å². The van der Waals surface area contributed by atoms with E-state index in [-0.39, 0.29) is 6.61 Å². The van der Waals surface area contributed by atoms with Crippen molar-refractivity contribution in [3.8, 4) is 11.8 Å². The van der Waals surface area contributed by atoms with E-state index in [1.54, 1.807) is 6.07 Å². The summed E-state index contributed by atoms with van der Waals surface area (Å²) in [5.74, 6) is 6.02. The third-order valence-electron chi connectivity index (χ3n) is 3.29. The molecule has 1 fully saturated rings. The molecule has 1 heterocycles.